The molecule has 0 spiro atoms. The predicted molar refractivity (Wildman–Crippen MR) is 127 cm³/mol. The highest BCUT2D eigenvalue weighted by Gasteiger charge is 2.35. The van der Waals surface area contributed by atoms with E-state index >= 15 is 0 Å². The quantitative estimate of drug-likeness (QED) is 0.365. The van der Waals surface area contributed by atoms with E-state index in [-0.39, 0.29) is 23.7 Å². The Morgan fingerprint density at radius 2 is 1.56 bits per heavy atom. The summed E-state index contributed by atoms with van der Waals surface area (Å²) in [6.45, 7) is -0.254. The molecule has 1 heterocycles. The number of imide groups is 1. The summed E-state index contributed by atoms with van der Waals surface area (Å²) >= 11 is 0. The van der Waals surface area contributed by atoms with Crippen molar-refractivity contribution in [2.75, 3.05) is 20.3 Å². The molecule has 0 aliphatic carbocycles. The normalized spacial score (nSPS) is 12.3. The van der Waals surface area contributed by atoms with E-state index in [9.17, 15) is 23.6 Å². The lowest BCUT2D eigenvalue weighted by Crippen LogP contribution is -2.30. The molecule has 3 aromatic rings. The van der Waals surface area contributed by atoms with Gasteiger partial charge in [-0.25, -0.2) is 9.18 Å². The van der Waals surface area contributed by atoms with Crippen LogP contribution in [-0.4, -0.2) is 48.9 Å². The second kappa shape index (κ2) is 10.8. The SMILES string of the molecule is COc1ccc(CN2C(=O)c3ccccc3C2=O)cc1C(=O)OCC(=O)NCCc1ccc(F)cc1. The van der Waals surface area contributed by atoms with Crippen LogP contribution in [-0.2, 0) is 22.5 Å². The summed E-state index contributed by atoms with van der Waals surface area (Å²) < 4.78 is 23.3. The molecule has 0 atom stereocenters. The highest BCUT2D eigenvalue weighted by molar-refractivity contribution is 6.21. The molecule has 0 saturated carbocycles. The minimum Gasteiger partial charge on any atom is -0.496 e. The Morgan fingerprint density at radius 1 is 0.917 bits per heavy atom. The predicted octanol–water partition coefficient (Wildman–Crippen LogP) is 3.15. The van der Waals surface area contributed by atoms with Crippen LogP contribution in [0.3, 0.4) is 0 Å². The first kappa shape index (κ1) is 24.6. The van der Waals surface area contributed by atoms with E-state index in [1.54, 1.807) is 42.5 Å². The number of halogens is 1. The molecule has 0 fully saturated rings. The molecule has 9 heteroatoms. The minimum atomic E-state index is -0.787. The Morgan fingerprint density at radius 3 is 2.19 bits per heavy atom. The zero-order valence-electron chi connectivity index (χ0n) is 19.5. The third-order valence-electron chi connectivity index (χ3n) is 5.69. The van der Waals surface area contributed by atoms with Gasteiger partial charge in [0, 0.05) is 6.54 Å². The van der Waals surface area contributed by atoms with Crippen LogP contribution in [0.25, 0.3) is 0 Å². The lowest BCUT2D eigenvalue weighted by molar-refractivity contribution is -0.124. The second-order valence-electron chi connectivity index (χ2n) is 8.08. The summed E-state index contributed by atoms with van der Waals surface area (Å²) in [5.74, 6) is -2.21. The molecule has 8 nitrogen and oxygen atoms in total. The summed E-state index contributed by atoms with van der Waals surface area (Å²) in [4.78, 5) is 51.2. The van der Waals surface area contributed by atoms with E-state index in [1.165, 1.54) is 31.4 Å². The number of amides is 3. The maximum Gasteiger partial charge on any atom is 0.342 e. The minimum absolute atomic E-state index is 0.0412. The summed E-state index contributed by atoms with van der Waals surface area (Å²) in [5.41, 5.74) is 2.10. The monoisotopic (exact) mass is 490 g/mol. The number of nitrogens with one attached hydrogen (secondary N) is 1. The van der Waals surface area contributed by atoms with Crippen molar-refractivity contribution in [2.24, 2.45) is 0 Å². The number of benzene rings is 3. The summed E-state index contributed by atoms with van der Waals surface area (Å²) in [7, 11) is 1.39. The third-order valence-corrected chi connectivity index (χ3v) is 5.69. The highest BCUT2D eigenvalue weighted by atomic mass is 19.1. The van der Waals surface area contributed by atoms with E-state index in [0.29, 0.717) is 29.7 Å². The van der Waals surface area contributed by atoms with Crippen LogP contribution < -0.4 is 10.1 Å². The van der Waals surface area contributed by atoms with Crippen LogP contribution in [0.1, 0.15) is 42.2 Å². The van der Waals surface area contributed by atoms with Crippen LogP contribution in [0.4, 0.5) is 4.39 Å². The van der Waals surface area contributed by atoms with Gasteiger partial charge < -0.3 is 14.8 Å². The molecule has 0 aromatic heterocycles. The number of rotatable bonds is 9. The van der Waals surface area contributed by atoms with Gasteiger partial charge in [0.1, 0.15) is 17.1 Å². The molecule has 36 heavy (non-hydrogen) atoms. The standard InChI is InChI=1S/C27H23FN2O6/c1-35-23-11-8-18(15-30-25(32)20-4-2-3-5-21(20)26(30)33)14-22(23)27(34)36-16-24(31)29-13-12-17-6-9-19(28)10-7-17/h2-11,14H,12-13,15-16H2,1H3,(H,29,31). The van der Waals surface area contributed by atoms with Gasteiger partial charge in [-0.2, -0.15) is 0 Å². The van der Waals surface area contributed by atoms with E-state index in [4.69, 9.17) is 9.47 Å². The molecular formula is C27H23FN2O6. The molecular weight excluding hydrogens is 467 g/mol. The Hall–Kier alpha value is -4.53. The van der Waals surface area contributed by atoms with Crippen molar-refractivity contribution >= 4 is 23.7 Å². The van der Waals surface area contributed by atoms with Gasteiger partial charge in [-0.15, -0.1) is 0 Å². The van der Waals surface area contributed by atoms with Crippen LogP contribution in [0, 0.1) is 5.82 Å². The number of esters is 1. The van der Waals surface area contributed by atoms with E-state index in [0.717, 1.165) is 10.5 Å². The molecule has 0 radical (unpaired) electrons. The van der Waals surface area contributed by atoms with E-state index in [1.807, 2.05) is 0 Å². The Labute approximate surface area is 206 Å². The first-order valence-electron chi connectivity index (χ1n) is 11.2. The summed E-state index contributed by atoms with van der Waals surface area (Å²) in [5, 5.41) is 2.64. The van der Waals surface area contributed by atoms with Gasteiger partial charge in [0.25, 0.3) is 17.7 Å². The van der Waals surface area contributed by atoms with Crippen molar-refractivity contribution in [1.82, 2.24) is 10.2 Å². The van der Waals surface area contributed by atoms with Gasteiger partial charge in [0.15, 0.2) is 6.61 Å². The van der Waals surface area contributed by atoms with Gasteiger partial charge >= 0.3 is 5.97 Å². The number of ether oxygens (including phenoxy) is 2. The zero-order valence-corrected chi connectivity index (χ0v) is 19.5. The van der Waals surface area contributed by atoms with Crippen LogP contribution in [0.2, 0.25) is 0 Å². The fourth-order valence-electron chi connectivity index (χ4n) is 3.84. The average Bonchev–Trinajstić information content (AvgIpc) is 3.13. The highest BCUT2D eigenvalue weighted by Crippen LogP contribution is 2.26. The molecule has 3 aromatic carbocycles. The molecule has 0 saturated heterocycles. The number of fused-ring (bicyclic) bond motifs is 1. The van der Waals surface area contributed by atoms with Gasteiger partial charge in [-0.3, -0.25) is 19.3 Å². The zero-order chi connectivity index (χ0) is 25.7. The first-order chi connectivity index (χ1) is 17.4. The number of carbonyl (C=O) groups excluding carboxylic acids is 4. The van der Waals surface area contributed by atoms with Gasteiger partial charge in [-0.05, 0) is 53.9 Å². The third kappa shape index (κ3) is 5.41. The van der Waals surface area contributed by atoms with Crippen molar-refractivity contribution in [2.45, 2.75) is 13.0 Å². The molecule has 1 aliphatic rings. The Bertz CT molecular complexity index is 1290. The molecule has 4 rings (SSSR count). The number of hydrogen-bond acceptors (Lipinski definition) is 6. The number of methoxy groups -OCH3 is 1. The molecule has 184 valence electrons. The molecule has 1 aliphatic heterocycles. The van der Waals surface area contributed by atoms with Gasteiger partial charge in [0.2, 0.25) is 0 Å². The fourth-order valence-corrected chi connectivity index (χ4v) is 3.84. The molecule has 3 amide bonds. The molecule has 0 unspecified atom stereocenters. The maximum absolute atomic E-state index is 13.0. The maximum atomic E-state index is 13.0. The smallest absolute Gasteiger partial charge is 0.342 e. The average molecular weight is 490 g/mol. The van der Waals surface area contributed by atoms with Crippen LogP contribution in [0.15, 0.2) is 66.7 Å². The topological polar surface area (TPSA) is 102 Å². The number of nitrogens with zero attached hydrogens (tertiary/aromatic N) is 1. The van der Waals surface area contributed by atoms with Gasteiger partial charge in [-0.1, -0.05) is 30.3 Å². The van der Waals surface area contributed by atoms with E-state index in [2.05, 4.69) is 5.32 Å². The summed E-state index contributed by atoms with van der Waals surface area (Å²) in [6, 6.07) is 17.1. The Balaban J connectivity index is 1.35. The largest absolute Gasteiger partial charge is 0.496 e. The first-order valence-corrected chi connectivity index (χ1v) is 11.2. The number of hydrogen-bond donors (Lipinski definition) is 1. The van der Waals surface area contributed by atoms with Crippen molar-refractivity contribution in [3.05, 3.63) is 100 Å². The number of carbonyl (C=O) groups is 4. The summed E-state index contributed by atoms with van der Waals surface area (Å²) in [6.07, 6.45) is 0.494. The lowest BCUT2D eigenvalue weighted by Gasteiger charge is -2.16. The van der Waals surface area contributed by atoms with E-state index < -0.39 is 30.3 Å². The molecule has 1 N–H and O–H groups in total. The van der Waals surface area contributed by atoms with Gasteiger partial charge in [0.05, 0.1) is 24.8 Å². The van der Waals surface area contributed by atoms with Crippen molar-refractivity contribution < 1.29 is 33.0 Å². The van der Waals surface area contributed by atoms with Crippen molar-refractivity contribution in [1.29, 1.82) is 0 Å². The lowest BCUT2D eigenvalue weighted by atomic mass is 10.1. The Kier molecular flexibility index (Phi) is 7.39. The van der Waals surface area contributed by atoms with Crippen LogP contribution in [0.5, 0.6) is 5.75 Å². The van der Waals surface area contributed by atoms with Crippen LogP contribution >= 0.6 is 0 Å². The molecule has 0 bridgehead atoms. The second-order valence-corrected chi connectivity index (χ2v) is 8.08. The van der Waals surface area contributed by atoms with Crippen molar-refractivity contribution in [3.63, 3.8) is 0 Å². The van der Waals surface area contributed by atoms with Crippen molar-refractivity contribution in [3.8, 4) is 5.75 Å². The fraction of sp³-hybridized carbons (Fsp3) is 0.185.